The van der Waals surface area contributed by atoms with Crippen LogP contribution in [0, 0.1) is 23.0 Å². The van der Waals surface area contributed by atoms with Crippen LogP contribution >= 0.6 is 0 Å². The van der Waals surface area contributed by atoms with Crippen LogP contribution in [0.3, 0.4) is 0 Å². The highest BCUT2D eigenvalue weighted by Gasteiger charge is 2.24. The summed E-state index contributed by atoms with van der Waals surface area (Å²) in [6, 6.07) is 15.5. The molecule has 1 saturated heterocycles. The van der Waals surface area contributed by atoms with Gasteiger partial charge in [0, 0.05) is 31.3 Å². The predicted octanol–water partition coefficient (Wildman–Crippen LogP) is 5.54. The Morgan fingerprint density at radius 1 is 1.17 bits per heavy atom. The molecule has 8 nitrogen and oxygen atoms in total. The van der Waals surface area contributed by atoms with Crippen LogP contribution in [0.4, 0.5) is 8.78 Å². The van der Waals surface area contributed by atoms with E-state index in [1.807, 2.05) is 6.07 Å². The van der Waals surface area contributed by atoms with E-state index in [0.717, 1.165) is 48.1 Å². The van der Waals surface area contributed by atoms with Crippen LogP contribution in [0.15, 0.2) is 60.7 Å². The number of fused-ring (bicyclic) bond motifs is 1. The average Bonchev–Trinajstić information content (AvgIpc) is 3.30. The van der Waals surface area contributed by atoms with E-state index in [1.54, 1.807) is 24.3 Å². The fourth-order valence-electron chi connectivity index (χ4n) is 5.31. The lowest BCUT2D eigenvalue weighted by molar-refractivity contribution is -0.0591. The van der Waals surface area contributed by atoms with Crippen LogP contribution in [0.1, 0.15) is 45.7 Å². The summed E-state index contributed by atoms with van der Waals surface area (Å²) in [5.74, 6) is -0.830. The number of rotatable bonds is 9. The van der Waals surface area contributed by atoms with Crippen molar-refractivity contribution in [2.45, 2.75) is 38.6 Å². The minimum Gasteiger partial charge on any atom is -0.489 e. The third kappa shape index (κ3) is 5.88. The van der Waals surface area contributed by atoms with E-state index in [4.69, 9.17) is 19.7 Å². The van der Waals surface area contributed by atoms with Crippen molar-refractivity contribution < 1.29 is 28.2 Å². The molecule has 1 atom stereocenters. The lowest BCUT2D eigenvalue weighted by Gasteiger charge is -2.29. The van der Waals surface area contributed by atoms with Crippen molar-refractivity contribution in [2.75, 3.05) is 19.7 Å². The first-order chi connectivity index (χ1) is 20.4. The number of nitriles is 1. The highest BCUT2D eigenvalue weighted by atomic mass is 19.1. The number of aromatic carboxylic acids is 1. The molecule has 0 aliphatic carbocycles. The summed E-state index contributed by atoms with van der Waals surface area (Å²) >= 11 is 0. The van der Waals surface area contributed by atoms with E-state index < -0.39 is 17.6 Å². The third-order valence-electron chi connectivity index (χ3n) is 7.73. The van der Waals surface area contributed by atoms with Gasteiger partial charge >= 0.3 is 5.97 Å². The minimum atomic E-state index is -0.980. The molecular weight excluding hydrogens is 542 g/mol. The molecular formula is C32H28F2N4O4. The molecule has 0 bridgehead atoms. The molecule has 0 unspecified atom stereocenters. The van der Waals surface area contributed by atoms with E-state index in [9.17, 15) is 18.7 Å². The van der Waals surface area contributed by atoms with E-state index in [2.05, 4.69) is 15.5 Å². The molecule has 0 radical (unpaired) electrons. The van der Waals surface area contributed by atoms with E-state index in [-0.39, 0.29) is 29.4 Å². The largest absolute Gasteiger partial charge is 0.489 e. The fraction of sp³-hybridized carbons (Fsp3) is 0.281. The summed E-state index contributed by atoms with van der Waals surface area (Å²) in [7, 11) is 0. The van der Waals surface area contributed by atoms with Crippen molar-refractivity contribution in [1.29, 1.82) is 5.26 Å². The zero-order valence-electron chi connectivity index (χ0n) is 22.7. The van der Waals surface area contributed by atoms with Crippen LogP contribution in [0.25, 0.3) is 16.6 Å². The maximum Gasteiger partial charge on any atom is 0.335 e. The topological polar surface area (TPSA) is 101 Å². The lowest BCUT2D eigenvalue weighted by atomic mass is 9.99. The first kappa shape index (κ1) is 27.6. The van der Waals surface area contributed by atoms with Gasteiger partial charge in [-0.25, -0.2) is 18.6 Å². The van der Waals surface area contributed by atoms with Crippen molar-refractivity contribution in [2.24, 2.45) is 0 Å². The second kappa shape index (κ2) is 11.7. The second-order valence-corrected chi connectivity index (χ2v) is 10.5. The smallest absolute Gasteiger partial charge is 0.335 e. The Bertz CT molecular complexity index is 1740. The van der Waals surface area contributed by atoms with Crippen molar-refractivity contribution in [3.05, 3.63) is 100 Å². The Morgan fingerprint density at radius 3 is 2.71 bits per heavy atom. The van der Waals surface area contributed by atoms with Gasteiger partial charge in [0.05, 0.1) is 47.4 Å². The van der Waals surface area contributed by atoms with Crippen molar-refractivity contribution in [1.82, 2.24) is 14.5 Å². The Kier molecular flexibility index (Phi) is 7.69. The van der Waals surface area contributed by atoms with Crippen LogP contribution < -0.4 is 4.74 Å². The summed E-state index contributed by atoms with van der Waals surface area (Å²) in [4.78, 5) is 18.6. The summed E-state index contributed by atoms with van der Waals surface area (Å²) in [6.45, 7) is 3.17. The van der Waals surface area contributed by atoms with E-state index >= 15 is 0 Å². The fourth-order valence-corrected chi connectivity index (χ4v) is 5.31. The number of nitrogens with zero attached hydrogens (tertiary/aromatic N) is 4. The van der Waals surface area contributed by atoms with Gasteiger partial charge in [0.2, 0.25) is 0 Å². The number of hydrogen-bond donors (Lipinski definition) is 1. The zero-order valence-corrected chi connectivity index (χ0v) is 22.7. The molecule has 0 spiro atoms. The monoisotopic (exact) mass is 570 g/mol. The zero-order chi connectivity index (χ0) is 29.2. The summed E-state index contributed by atoms with van der Waals surface area (Å²) in [6.07, 6.45) is 3.78. The Morgan fingerprint density at radius 2 is 2.02 bits per heavy atom. The molecule has 3 heterocycles. The summed E-state index contributed by atoms with van der Waals surface area (Å²) in [5, 5.41) is 18.4. The van der Waals surface area contributed by atoms with Crippen LogP contribution in [-0.4, -0.2) is 51.3 Å². The number of hydrogen-bond acceptors (Lipinski definition) is 6. The maximum absolute atomic E-state index is 14.5. The van der Waals surface area contributed by atoms with Gasteiger partial charge in [-0.05, 0) is 66.4 Å². The maximum atomic E-state index is 14.5. The van der Waals surface area contributed by atoms with E-state index in [1.165, 1.54) is 24.3 Å². The predicted molar refractivity (Wildman–Crippen MR) is 151 cm³/mol. The molecule has 6 rings (SSSR count). The van der Waals surface area contributed by atoms with Crippen LogP contribution in [0.5, 0.6) is 5.75 Å². The van der Waals surface area contributed by atoms with Gasteiger partial charge in [-0.1, -0.05) is 12.1 Å². The van der Waals surface area contributed by atoms with Gasteiger partial charge in [-0.15, -0.1) is 0 Å². The normalized spacial score (nSPS) is 17.0. The number of carbonyl (C=O) groups is 1. The standard InChI is InChI=1S/C32H28F2N4O4/c33-25-12-24(13-27(15-25)42-19-23-2-1-20(16-35)11-28(23)34)21-5-8-37(9-6-21)18-31-36-29-4-3-22(32(39)40)14-30(29)38(31)17-26-7-10-41-26/h1-5,11-15,26H,6-10,17-19H2,(H,39,40)/t26-/m0/s1. The van der Waals surface area contributed by atoms with Crippen molar-refractivity contribution in [3.63, 3.8) is 0 Å². The highest BCUT2D eigenvalue weighted by Crippen LogP contribution is 2.29. The molecule has 4 aromatic rings. The molecule has 1 aromatic heterocycles. The molecule has 3 aromatic carbocycles. The van der Waals surface area contributed by atoms with Gasteiger partial charge in [0.25, 0.3) is 0 Å². The van der Waals surface area contributed by atoms with Crippen LogP contribution in [0.2, 0.25) is 0 Å². The SMILES string of the molecule is N#Cc1ccc(COc2cc(F)cc(C3=CCN(Cc4nc5ccc(C(=O)O)cc5n4C[C@@H]4CCO4)CC3)c2)c(F)c1. The molecule has 2 aliphatic rings. The molecule has 1 fully saturated rings. The van der Waals surface area contributed by atoms with Gasteiger partial charge in [0.15, 0.2) is 0 Å². The first-order valence-electron chi connectivity index (χ1n) is 13.7. The number of benzene rings is 3. The Labute approximate surface area is 241 Å². The molecule has 1 N–H and O–H groups in total. The average molecular weight is 571 g/mol. The number of carboxylic acid groups (broad SMARTS) is 1. The third-order valence-corrected chi connectivity index (χ3v) is 7.73. The number of aromatic nitrogens is 2. The number of carboxylic acids is 1. The van der Waals surface area contributed by atoms with Gasteiger partial charge < -0.3 is 19.1 Å². The Hall–Kier alpha value is -4.59. The van der Waals surface area contributed by atoms with Gasteiger partial charge in [0.1, 0.15) is 29.8 Å². The molecule has 0 amide bonds. The number of ether oxygens (including phenoxy) is 2. The molecule has 214 valence electrons. The Balaban J connectivity index is 1.16. The van der Waals surface area contributed by atoms with E-state index in [0.29, 0.717) is 37.4 Å². The van der Waals surface area contributed by atoms with Gasteiger partial charge in [-0.3, -0.25) is 4.90 Å². The summed E-state index contributed by atoms with van der Waals surface area (Å²) in [5.41, 5.74) is 3.94. The van der Waals surface area contributed by atoms with Crippen LogP contribution in [-0.2, 0) is 24.4 Å². The second-order valence-electron chi connectivity index (χ2n) is 10.5. The highest BCUT2D eigenvalue weighted by molar-refractivity contribution is 5.92. The quantitative estimate of drug-likeness (QED) is 0.282. The minimum absolute atomic E-state index is 0.0836. The number of imidazole rings is 1. The molecule has 42 heavy (non-hydrogen) atoms. The lowest BCUT2D eigenvalue weighted by Crippen LogP contribution is -2.33. The number of halogens is 2. The molecule has 10 heteroatoms. The summed E-state index contributed by atoms with van der Waals surface area (Å²) < 4.78 is 42.2. The van der Waals surface area contributed by atoms with Crippen molar-refractivity contribution in [3.8, 4) is 11.8 Å². The molecule has 2 aliphatic heterocycles. The molecule has 0 saturated carbocycles. The van der Waals surface area contributed by atoms with Gasteiger partial charge in [-0.2, -0.15) is 5.26 Å². The van der Waals surface area contributed by atoms with Crippen molar-refractivity contribution >= 4 is 22.6 Å². The first-order valence-corrected chi connectivity index (χ1v) is 13.7.